The average Bonchev–Trinajstić information content (AvgIpc) is 2.49. The van der Waals surface area contributed by atoms with Crippen molar-refractivity contribution in [1.29, 1.82) is 0 Å². The molecule has 2 nitrogen and oxygen atoms in total. The zero-order chi connectivity index (χ0) is 15.1. The minimum atomic E-state index is 0.537. The summed E-state index contributed by atoms with van der Waals surface area (Å²) in [7, 11) is 0. The van der Waals surface area contributed by atoms with Gasteiger partial charge in [0.15, 0.2) is 0 Å². The number of nitrogens with zero attached hydrogens (tertiary/aromatic N) is 1. The highest BCUT2D eigenvalue weighted by molar-refractivity contribution is 9.10. The van der Waals surface area contributed by atoms with E-state index < -0.39 is 0 Å². The van der Waals surface area contributed by atoms with Gasteiger partial charge in [0.1, 0.15) is 0 Å². The summed E-state index contributed by atoms with van der Waals surface area (Å²) in [4.78, 5) is 2.63. The smallest absolute Gasteiger partial charge is 0.0175 e. The van der Waals surface area contributed by atoms with Gasteiger partial charge in [-0.2, -0.15) is 0 Å². The lowest BCUT2D eigenvalue weighted by molar-refractivity contribution is 0.197. The van der Waals surface area contributed by atoms with Gasteiger partial charge in [-0.25, -0.2) is 0 Å². The van der Waals surface area contributed by atoms with Gasteiger partial charge in [0.2, 0.25) is 0 Å². The molecule has 0 spiro atoms. The lowest BCUT2D eigenvalue weighted by Gasteiger charge is -2.29. The molecule has 0 amide bonds. The topological polar surface area (TPSA) is 15.3 Å². The highest BCUT2D eigenvalue weighted by Crippen LogP contribution is 2.13. The van der Waals surface area contributed by atoms with Crippen LogP contribution in [0.1, 0.15) is 38.7 Å². The highest BCUT2D eigenvalue weighted by Gasteiger charge is 2.14. The van der Waals surface area contributed by atoms with Crippen LogP contribution in [0.25, 0.3) is 0 Å². The van der Waals surface area contributed by atoms with Crippen molar-refractivity contribution in [1.82, 2.24) is 10.2 Å². The third-order valence-corrected chi connectivity index (χ3v) is 4.82. The third-order valence-electron chi connectivity index (χ3n) is 4.29. The van der Waals surface area contributed by atoms with Gasteiger partial charge < -0.3 is 10.2 Å². The van der Waals surface area contributed by atoms with Gasteiger partial charge in [-0.1, -0.05) is 41.4 Å². The molecule has 21 heavy (non-hydrogen) atoms. The molecule has 1 N–H and O–H groups in total. The van der Waals surface area contributed by atoms with Crippen molar-refractivity contribution >= 4 is 15.9 Å². The second-order valence-electron chi connectivity index (χ2n) is 6.61. The lowest BCUT2D eigenvalue weighted by Crippen LogP contribution is -2.39. The highest BCUT2D eigenvalue weighted by atomic mass is 79.9. The van der Waals surface area contributed by atoms with E-state index in [-0.39, 0.29) is 0 Å². The fraction of sp³-hybridized carbons (Fsp3) is 0.667. The van der Waals surface area contributed by atoms with Crippen LogP contribution in [0.2, 0.25) is 0 Å². The summed E-state index contributed by atoms with van der Waals surface area (Å²) in [6.45, 7) is 9.63. The lowest BCUT2D eigenvalue weighted by atomic mass is 10.1. The first kappa shape index (κ1) is 17.0. The fourth-order valence-electron chi connectivity index (χ4n) is 3.10. The summed E-state index contributed by atoms with van der Waals surface area (Å²) in [6, 6.07) is 9.20. The third kappa shape index (κ3) is 6.50. The molecule has 0 radical (unpaired) electrons. The Morgan fingerprint density at radius 1 is 1.10 bits per heavy atom. The molecule has 0 saturated carbocycles. The van der Waals surface area contributed by atoms with Gasteiger partial charge >= 0.3 is 0 Å². The Kier molecular flexibility index (Phi) is 7.21. The minimum Gasteiger partial charge on any atom is -0.314 e. The van der Waals surface area contributed by atoms with E-state index in [2.05, 4.69) is 64.3 Å². The molecule has 1 aromatic carbocycles. The predicted octanol–water partition coefficient (Wildman–Crippen LogP) is 4.09. The molecule has 3 heteroatoms. The van der Waals surface area contributed by atoms with Crippen LogP contribution in [-0.4, -0.2) is 37.1 Å². The molecule has 1 aromatic rings. The molecule has 1 heterocycles. The number of benzene rings is 1. The van der Waals surface area contributed by atoms with Crippen molar-refractivity contribution in [2.75, 3.05) is 26.2 Å². The summed E-state index contributed by atoms with van der Waals surface area (Å²) in [5.74, 6) is 0.732. The molecule has 0 aliphatic carbocycles. The molecule has 0 aromatic heterocycles. The Morgan fingerprint density at radius 3 is 2.43 bits per heavy atom. The zero-order valence-electron chi connectivity index (χ0n) is 13.4. The molecular weight excluding hydrogens is 324 g/mol. The van der Waals surface area contributed by atoms with Crippen LogP contribution in [0.4, 0.5) is 0 Å². The van der Waals surface area contributed by atoms with Crippen LogP contribution in [0.5, 0.6) is 0 Å². The van der Waals surface area contributed by atoms with Crippen LogP contribution < -0.4 is 5.32 Å². The molecule has 0 bridgehead atoms. The first-order valence-electron chi connectivity index (χ1n) is 8.33. The first-order valence-corrected chi connectivity index (χ1v) is 9.13. The molecule has 1 aliphatic heterocycles. The number of rotatable bonds is 7. The number of nitrogens with one attached hydrogen (secondary N) is 1. The van der Waals surface area contributed by atoms with Gasteiger partial charge in [0, 0.05) is 17.1 Å². The molecule has 2 atom stereocenters. The Labute approximate surface area is 138 Å². The van der Waals surface area contributed by atoms with E-state index in [1.54, 1.807) is 0 Å². The van der Waals surface area contributed by atoms with E-state index in [0.29, 0.717) is 6.04 Å². The van der Waals surface area contributed by atoms with Crippen molar-refractivity contribution in [2.24, 2.45) is 5.92 Å². The van der Waals surface area contributed by atoms with Gasteiger partial charge in [0.05, 0.1) is 0 Å². The van der Waals surface area contributed by atoms with Crippen LogP contribution >= 0.6 is 15.9 Å². The minimum absolute atomic E-state index is 0.537. The predicted molar refractivity (Wildman–Crippen MR) is 94.8 cm³/mol. The van der Waals surface area contributed by atoms with E-state index in [1.807, 2.05) is 0 Å². The molecular formula is C18H29BrN2. The summed E-state index contributed by atoms with van der Waals surface area (Å²) < 4.78 is 1.15. The Bertz CT molecular complexity index is 398. The molecule has 2 rings (SSSR count). The van der Waals surface area contributed by atoms with E-state index in [0.717, 1.165) is 23.4 Å². The molecule has 2 unspecified atom stereocenters. The van der Waals surface area contributed by atoms with Crippen molar-refractivity contribution in [3.63, 3.8) is 0 Å². The molecule has 1 aliphatic rings. The second kappa shape index (κ2) is 8.92. The first-order chi connectivity index (χ1) is 10.1. The largest absolute Gasteiger partial charge is 0.314 e. The number of halogens is 1. The fourth-order valence-corrected chi connectivity index (χ4v) is 3.36. The van der Waals surface area contributed by atoms with Gasteiger partial charge in [0.25, 0.3) is 0 Å². The normalized spacial score (nSPS) is 19.4. The Balaban J connectivity index is 1.65. The van der Waals surface area contributed by atoms with Crippen LogP contribution in [0.15, 0.2) is 28.7 Å². The van der Waals surface area contributed by atoms with E-state index in [1.165, 1.54) is 44.5 Å². The maximum atomic E-state index is 3.70. The average molecular weight is 353 g/mol. The standard InChI is InChI=1S/C18H29BrN2/c1-15(14-21-10-4-3-5-11-21)13-20-16(2)12-17-6-8-18(19)9-7-17/h6-9,15-16,20H,3-5,10-14H2,1-2H3. The van der Waals surface area contributed by atoms with Crippen molar-refractivity contribution in [3.8, 4) is 0 Å². The van der Waals surface area contributed by atoms with Crippen LogP contribution in [-0.2, 0) is 6.42 Å². The summed E-state index contributed by atoms with van der Waals surface area (Å²) in [6.07, 6.45) is 5.30. The number of likely N-dealkylation sites (tertiary alicyclic amines) is 1. The number of piperidine rings is 1. The number of hydrogen-bond donors (Lipinski definition) is 1. The summed E-state index contributed by atoms with van der Waals surface area (Å²) >= 11 is 3.49. The monoisotopic (exact) mass is 352 g/mol. The second-order valence-corrected chi connectivity index (χ2v) is 7.52. The quantitative estimate of drug-likeness (QED) is 0.794. The molecule has 1 saturated heterocycles. The molecule has 1 fully saturated rings. The summed E-state index contributed by atoms with van der Waals surface area (Å²) in [5, 5.41) is 3.70. The SMILES string of the molecule is CC(CNC(C)Cc1ccc(Br)cc1)CN1CCCCC1. The maximum absolute atomic E-state index is 3.70. The van der Waals surface area contributed by atoms with Gasteiger partial charge in [-0.3, -0.25) is 0 Å². The Hall–Kier alpha value is -0.380. The summed E-state index contributed by atoms with van der Waals surface area (Å²) in [5.41, 5.74) is 1.40. The Morgan fingerprint density at radius 2 is 1.76 bits per heavy atom. The maximum Gasteiger partial charge on any atom is 0.0175 e. The van der Waals surface area contributed by atoms with E-state index in [9.17, 15) is 0 Å². The van der Waals surface area contributed by atoms with Crippen molar-refractivity contribution in [3.05, 3.63) is 34.3 Å². The van der Waals surface area contributed by atoms with E-state index >= 15 is 0 Å². The van der Waals surface area contributed by atoms with Crippen molar-refractivity contribution < 1.29 is 0 Å². The van der Waals surface area contributed by atoms with Gasteiger partial charge in [-0.15, -0.1) is 0 Å². The van der Waals surface area contributed by atoms with Crippen molar-refractivity contribution in [2.45, 2.75) is 45.6 Å². The molecule has 118 valence electrons. The van der Waals surface area contributed by atoms with Gasteiger partial charge in [-0.05, 0) is 69.4 Å². The zero-order valence-corrected chi connectivity index (χ0v) is 15.0. The van der Waals surface area contributed by atoms with E-state index in [4.69, 9.17) is 0 Å². The van der Waals surface area contributed by atoms with Crippen LogP contribution in [0.3, 0.4) is 0 Å². The number of hydrogen-bond acceptors (Lipinski definition) is 2. The van der Waals surface area contributed by atoms with Crippen LogP contribution in [0, 0.1) is 5.92 Å².